The lowest BCUT2D eigenvalue weighted by molar-refractivity contribution is 0.182. The molecule has 0 heterocycles. The third-order valence-electron chi connectivity index (χ3n) is 2.04. The minimum atomic E-state index is -3.54. The van der Waals surface area contributed by atoms with Gasteiger partial charge in [0.1, 0.15) is 0 Å². The molecule has 0 spiro atoms. The molecule has 3 N–H and O–H groups in total. The van der Waals surface area contributed by atoms with Crippen molar-refractivity contribution in [1.82, 2.24) is 9.44 Å². The molecule has 1 aromatic rings. The second-order valence-electron chi connectivity index (χ2n) is 4.05. The second-order valence-corrected chi connectivity index (χ2v) is 5.58. The molecule has 5 nitrogen and oxygen atoms in total. The molecule has 6 heteroatoms. The van der Waals surface area contributed by atoms with E-state index in [4.69, 9.17) is 0 Å². The normalized spacial score (nSPS) is 13.9. The van der Waals surface area contributed by atoms with Gasteiger partial charge in [0, 0.05) is 12.6 Å². The fraction of sp³-hybridized carbons (Fsp3) is 0.455. The van der Waals surface area contributed by atoms with Gasteiger partial charge in [-0.3, -0.25) is 0 Å². The Balaban J connectivity index is 2.51. The summed E-state index contributed by atoms with van der Waals surface area (Å²) < 4.78 is 27.6. The Labute approximate surface area is 102 Å². The van der Waals surface area contributed by atoms with Crippen LogP contribution >= 0.6 is 0 Å². The maximum atomic E-state index is 11.4. The molecule has 0 aromatic heterocycles. The molecule has 1 aromatic carbocycles. The van der Waals surface area contributed by atoms with Crippen LogP contribution in [0.4, 0.5) is 0 Å². The summed E-state index contributed by atoms with van der Waals surface area (Å²) in [5.41, 5.74) is 0.680. The van der Waals surface area contributed by atoms with Crippen LogP contribution in [0, 0.1) is 0 Å². The molecule has 0 bridgehead atoms. The van der Waals surface area contributed by atoms with Gasteiger partial charge in [-0.15, -0.1) is 0 Å². The first-order valence-electron chi connectivity index (χ1n) is 5.40. The van der Waals surface area contributed by atoms with Gasteiger partial charge in [0.2, 0.25) is 0 Å². The highest BCUT2D eigenvalue weighted by atomic mass is 32.2. The maximum absolute atomic E-state index is 11.4. The van der Waals surface area contributed by atoms with Crippen LogP contribution in [0.15, 0.2) is 30.3 Å². The van der Waals surface area contributed by atoms with Crippen LogP contribution in [0.1, 0.15) is 25.5 Å². The second kappa shape index (κ2) is 6.11. The number of aliphatic hydroxyl groups excluding tert-OH is 1. The fourth-order valence-corrected chi connectivity index (χ4v) is 2.41. The predicted molar refractivity (Wildman–Crippen MR) is 66.6 cm³/mol. The molecule has 0 fully saturated rings. The monoisotopic (exact) mass is 258 g/mol. The van der Waals surface area contributed by atoms with Crippen molar-refractivity contribution in [2.24, 2.45) is 0 Å². The van der Waals surface area contributed by atoms with E-state index in [2.05, 4.69) is 9.44 Å². The number of nitrogens with one attached hydrogen (secondary N) is 2. The van der Waals surface area contributed by atoms with E-state index < -0.39 is 16.3 Å². The molecule has 0 saturated heterocycles. The summed E-state index contributed by atoms with van der Waals surface area (Å²) in [6, 6.07) is 8.73. The zero-order valence-corrected chi connectivity index (χ0v) is 10.7. The van der Waals surface area contributed by atoms with Gasteiger partial charge in [0.05, 0.1) is 6.10 Å². The fourth-order valence-electron chi connectivity index (χ4n) is 1.33. The third-order valence-corrected chi connectivity index (χ3v) is 3.37. The van der Waals surface area contributed by atoms with E-state index in [1.165, 1.54) is 0 Å². The van der Waals surface area contributed by atoms with Crippen LogP contribution < -0.4 is 9.44 Å². The van der Waals surface area contributed by atoms with Crippen molar-refractivity contribution in [3.63, 3.8) is 0 Å². The van der Waals surface area contributed by atoms with Crippen molar-refractivity contribution in [2.45, 2.75) is 26.0 Å². The Morgan fingerprint density at radius 1 is 1.24 bits per heavy atom. The van der Waals surface area contributed by atoms with Crippen LogP contribution in [0.2, 0.25) is 0 Å². The molecule has 96 valence electrons. The summed E-state index contributed by atoms with van der Waals surface area (Å²) in [5, 5.41) is 9.76. The minimum absolute atomic E-state index is 0.0495. The Kier molecular flexibility index (Phi) is 5.07. The smallest absolute Gasteiger partial charge is 0.277 e. The summed E-state index contributed by atoms with van der Waals surface area (Å²) in [7, 11) is -3.54. The highest BCUT2D eigenvalue weighted by molar-refractivity contribution is 7.87. The number of aliphatic hydroxyl groups is 1. The van der Waals surface area contributed by atoms with E-state index in [9.17, 15) is 13.5 Å². The Morgan fingerprint density at radius 2 is 1.82 bits per heavy atom. The van der Waals surface area contributed by atoms with Crippen molar-refractivity contribution in [3.05, 3.63) is 35.9 Å². The molecule has 0 saturated carbocycles. The molecule has 0 aliphatic rings. The van der Waals surface area contributed by atoms with E-state index in [-0.39, 0.29) is 12.6 Å². The summed E-state index contributed by atoms with van der Waals surface area (Å²) in [6.45, 7) is 3.41. The van der Waals surface area contributed by atoms with Gasteiger partial charge in [-0.1, -0.05) is 30.3 Å². The van der Waals surface area contributed by atoms with Crippen LogP contribution in [0.25, 0.3) is 0 Å². The minimum Gasteiger partial charge on any atom is -0.387 e. The van der Waals surface area contributed by atoms with Gasteiger partial charge in [-0.2, -0.15) is 17.9 Å². The van der Waals surface area contributed by atoms with E-state index in [1.807, 2.05) is 6.07 Å². The van der Waals surface area contributed by atoms with Crippen molar-refractivity contribution < 1.29 is 13.5 Å². The molecule has 0 amide bonds. The first kappa shape index (κ1) is 14.1. The highest BCUT2D eigenvalue weighted by Gasteiger charge is 2.14. The SMILES string of the molecule is CC(C)NS(=O)(=O)NCC(O)c1ccccc1. The van der Waals surface area contributed by atoms with E-state index in [0.717, 1.165) is 0 Å². The van der Waals surface area contributed by atoms with Crippen molar-refractivity contribution in [2.75, 3.05) is 6.54 Å². The summed E-state index contributed by atoms with van der Waals surface area (Å²) >= 11 is 0. The molecule has 1 unspecified atom stereocenters. The van der Waals surface area contributed by atoms with Gasteiger partial charge >= 0.3 is 0 Å². The lowest BCUT2D eigenvalue weighted by Gasteiger charge is -2.14. The van der Waals surface area contributed by atoms with Crippen LogP contribution in [0.3, 0.4) is 0 Å². The van der Waals surface area contributed by atoms with Gasteiger partial charge in [-0.05, 0) is 19.4 Å². The maximum Gasteiger partial charge on any atom is 0.277 e. The highest BCUT2D eigenvalue weighted by Crippen LogP contribution is 2.10. The van der Waals surface area contributed by atoms with Crippen LogP contribution in [-0.2, 0) is 10.2 Å². The molecule has 17 heavy (non-hydrogen) atoms. The standard InChI is InChI=1S/C11H18N2O3S/c1-9(2)13-17(15,16)12-8-11(14)10-6-4-3-5-7-10/h3-7,9,11-14H,8H2,1-2H3. The molecular weight excluding hydrogens is 240 g/mol. The lowest BCUT2D eigenvalue weighted by Crippen LogP contribution is -2.41. The number of benzene rings is 1. The molecule has 0 aliphatic heterocycles. The molecule has 1 atom stereocenters. The Bertz CT molecular complexity index is 431. The topological polar surface area (TPSA) is 78.4 Å². The van der Waals surface area contributed by atoms with Gasteiger partial charge < -0.3 is 5.11 Å². The van der Waals surface area contributed by atoms with Gasteiger partial charge in [0.15, 0.2) is 0 Å². The Morgan fingerprint density at radius 3 is 2.35 bits per heavy atom. The average Bonchev–Trinajstić information content (AvgIpc) is 2.25. The number of rotatable bonds is 6. The summed E-state index contributed by atoms with van der Waals surface area (Å²) in [6.07, 6.45) is -0.847. The largest absolute Gasteiger partial charge is 0.387 e. The quantitative estimate of drug-likeness (QED) is 0.697. The van der Waals surface area contributed by atoms with E-state index >= 15 is 0 Å². The Hall–Kier alpha value is -0.950. The molecule has 1 rings (SSSR count). The van der Waals surface area contributed by atoms with Crippen molar-refractivity contribution >= 4 is 10.2 Å². The third kappa shape index (κ3) is 5.27. The van der Waals surface area contributed by atoms with Gasteiger partial charge in [-0.25, -0.2) is 0 Å². The number of hydrogen-bond donors (Lipinski definition) is 3. The van der Waals surface area contributed by atoms with E-state index in [1.54, 1.807) is 38.1 Å². The van der Waals surface area contributed by atoms with Gasteiger partial charge in [0.25, 0.3) is 10.2 Å². The van der Waals surface area contributed by atoms with Crippen LogP contribution in [0.5, 0.6) is 0 Å². The average molecular weight is 258 g/mol. The molecule has 0 aliphatic carbocycles. The van der Waals surface area contributed by atoms with Crippen LogP contribution in [-0.4, -0.2) is 26.1 Å². The molecule has 0 radical (unpaired) electrons. The van der Waals surface area contributed by atoms with Crippen molar-refractivity contribution in [1.29, 1.82) is 0 Å². The first-order valence-corrected chi connectivity index (χ1v) is 6.89. The molecular formula is C11H18N2O3S. The first-order chi connectivity index (χ1) is 7.91. The van der Waals surface area contributed by atoms with Crippen molar-refractivity contribution in [3.8, 4) is 0 Å². The summed E-state index contributed by atoms with van der Waals surface area (Å²) in [4.78, 5) is 0. The number of hydrogen-bond acceptors (Lipinski definition) is 3. The zero-order chi connectivity index (χ0) is 12.9. The predicted octanol–water partition coefficient (Wildman–Crippen LogP) is 0.552. The summed E-state index contributed by atoms with van der Waals surface area (Å²) in [5.74, 6) is 0. The van der Waals surface area contributed by atoms with E-state index in [0.29, 0.717) is 5.56 Å². The lowest BCUT2D eigenvalue weighted by atomic mass is 10.1. The zero-order valence-electron chi connectivity index (χ0n) is 9.92.